The zero-order valence-electron chi connectivity index (χ0n) is 9.00. The second-order valence-corrected chi connectivity index (χ2v) is 4.41. The zero-order valence-corrected chi connectivity index (χ0v) is 9.00. The lowest BCUT2D eigenvalue weighted by Gasteiger charge is -2.27. The van der Waals surface area contributed by atoms with Crippen LogP contribution in [-0.4, -0.2) is 19.6 Å². The van der Waals surface area contributed by atoms with E-state index in [1.807, 2.05) is 7.05 Å². The maximum Gasteiger partial charge on any atom is 0.0655 e. The molecule has 3 unspecified atom stereocenters. The molecule has 3 heteroatoms. The molecule has 1 fully saturated rings. The summed E-state index contributed by atoms with van der Waals surface area (Å²) in [7, 11) is 1.93. The monoisotopic (exact) mass is 195 g/mol. The van der Waals surface area contributed by atoms with E-state index in [-0.39, 0.29) is 12.0 Å². The van der Waals surface area contributed by atoms with Crippen molar-refractivity contribution in [2.45, 2.75) is 38.1 Å². The van der Waals surface area contributed by atoms with Gasteiger partial charge in [-0.05, 0) is 32.2 Å². The third-order valence-electron chi connectivity index (χ3n) is 3.07. The first-order chi connectivity index (χ1) is 6.76. The van der Waals surface area contributed by atoms with E-state index in [2.05, 4.69) is 11.4 Å². The van der Waals surface area contributed by atoms with Crippen LogP contribution in [0.4, 0.5) is 0 Å². The van der Waals surface area contributed by atoms with Gasteiger partial charge >= 0.3 is 0 Å². The number of nitrogens with zero attached hydrogens (tertiary/aromatic N) is 1. The first-order valence-electron chi connectivity index (χ1n) is 5.56. The number of rotatable bonds is 4. The lowest BCUT2D eigenvalue weighted by molar-refractivity contribution is 0.278. The van der Waals surface area contributed by atoms with Gasteiger partial charge in [-0.3, -0.25) is 0 Å². The molecule has 3 nitrogen and oxygen atoms in total. The molecule has 0 aromatic heterocycles. The van der Waals surface area contributed by atoms with Crippen LogP contribution >= 0.6 is 0 Å². The van der Waals surface area contributed by atoms with E-state index in [0.29, 0.717) is 5.92 Å². The van der Waals surface area contributed by atoms with Gasteiger partial charge in [0, 0.05) is 18.5 Å². The molecule has 0 radical (unpaired) electrons. The van der Waals surface area contributed by atoms with Gasteiger partial charge in [0.1, 0.15) is 0 Å². The zero-order chi connectivity index (χ0) is 10.4. The van der Waals surface area contributed by atoms with Crippen molar-refractivity contribution >= 4 is 0 Å². The summed E-state index contributed by atoms with van der Waals surface area (Å²) < 4.78 is 0. The highest BCUT2D eigenvalue weighted by atomic mass is 14.9. The normalized spacial score (nSPS) is 29.5. The van der Waals surface area contributed by atoms with Crippen molar-refractivity contribution in [2.75, 3.05) is 13.6 Å². The van der Waals surface area contributed by atoms with Crippen molar-refractivity contribution in [3.63, 3.8) is 0 Å². The highest BCUT2D eigenvalue weighted by molar-refractivity contribution is 4.88. The SMILES string of the molecule is CNCC(N)CC1CCCC(C#N)C1. The van der Waals surface area contributed by atoms with Crippen LogP contribution in [-0.2, 0) is 0 Å². The summed E-state index contributed by atoms with van der Waals surface area (Å²) in [6.45, 7) is 0.883. The van der Waals surface area contributed by atoms with E-state index in [4.69, 9.17) is 11.0 Å². The van der Waals surface area contributed by atoms with Crippen LogP contribution in [0.3, 0.4) is 0 Å². The molecular weight excluding hydrogens is 174 g/mol. The standard InChI is InChI=1S/C11H21N3/c1-14-8-11(13)6-9-3-2-4-10(5-9)7-12/h9-11,14H,2-6,8,13H2,1H3. The quantitative estimate of drug-likeness (QED) is 0.709. The Morgan fingerprint density at radius 3 is 3.00 bits per heavy atom. The minimum absolute atomic E-state index is 0.252. The van der Waals surface area contributed by atoms with Crippen LogP contribution in [0, 0.1) is 23.2 Å². The maximum atomic E-state index is 8.85. The van der Waals surface area contributed by atoms with Crippen LogP contribution in [0.25, 0.3) is 0 Å². The Morgan fingerprint density at radius 1 is 1.57 bits per heavy atom. The van der Waals surface area contributed by atoms with Crippen molar-refractivity contribution in [1.29, 1.82) is 5.26 Å². The van der Waals surface area contributed by atoms with Gasteiger partial charge < -0.3 is 11.1 Å². The molecule has 1 aliphatic rings. The van der Waals surface area contributed by atoms with Crippen LogP contribution in [0.1, 0.15) is 32.1 Å². The Kier molecular flexibility index (Phi) is 4.92. The molecule has 14 heavy (non-hydrogen) atoms. The Morgan fingerprint density at radius 2 is 2.36 bits per heavy atom. The number of likely N-dealkylation sites (N-methyl/N-ethyl adjacent to an activating group) is 1. The Bertz CT molecular complexity index is 197. The fourth-order valence-electron chi connectivity index (χ4n) is 2.40. The molecule has 0 aromatic rings. The molecule has 3 atom stereocenters. The Balaban J connectivity index is 2.27. The largest absolute Gasteiger partial charge is 0.327 e. The summed E-state index contributed by atoms with van der Waals surface area (Å²) in [5, 5.41) is 11.9. The third kappa shape index (κ3) is 3.65. The van der Waals surface area contributed by atoms with Gasteiger partial charge in [-0.1, -0.05) is 12.8 Å². The van der Waals surface area contributed by atoms with Crippen LogP contribution in [0.5, 0.6) is 0 Å². The highest BCUT2D eigenvalue weighted by Crippen LogP contribution is 2.31. The van der Waals surface area contributed by atoms with Gasteiger partial charge in [0.15, 0.2) is 0 Å². The first-order valence-corrected chi connectivity index (χ1v) is 5.56. The molecule has 1 aliphatic carbocycles. The van der Waals surface area contributed by atoms with Gasteiger partial charge in [0.05, 0.1) is 6.07 Å². The predicted octanol–water partition coefficient (Wildman–Crippen LogP) is 1.25. The lowest BCUT2D eigenvalue weighted by atomic mass is 9.79. The van der Waals surface area contributed by atoms with Crippen molar-refractivity contribution < 1.29 is 0 Å². The number of hydrogen-bond donors (Lipinski definition) is 2. The number of nitriles is 1. The van der Waals surface area contributed by atoms with Gasteiger partial charge in [0.25, 0.3) is 0 Å². The molecular formula is C11H21N3. The van der Waals surface area contributed by atoms with Crippen molar-refractivity contribution in [3.8, 4) is 6.07 Å². The molecule has 0 heterocycles. The third-order valence-corrected chi connectivity index (χ3v) is 3.07. The molecule has 0 spiro atoms. The summed E-state index contributed by atoms with van der Waals surface area (Å²) in [6, 6.07) is 2.63. The number of nitrogens with one attached hydrogen (secondary N) is 1. The van der Waals surface area contributed by atoms with Crippen molar-refractivity contribution in [1.82, 2.24) is 5.32 Å². The van der Waals surface area contributed by atoms with Gasteiger partial charge in [-0.2, -0.15) is 5.26 Å². The molecule has 0 bridgehead atoms. The van der Waals surface area contributed by atoms with Gasteiger partial charge in [-0.15, -0.1) is 0 Å². The molecule has 1 saturated carbocycles. The van der Waals surface area contributed by atoms with Crippen LogP contribution in [0.2, 0.25) is 0 Å². The molecule has 3 N–H and O–H groups in total. The predicted molar refractivity (Wildman–Crippen MR) is 57.6 cm³/mol. The maximum absolute atomic E-state index is 8.85. The Hall–Kier alpha value is -0.590. The summed E-state index contributed by atoms with van der Waals surface area (Å²) in [5.41, 5.74) is 5.96. The lowest BCUT2D eigenvalue weighted by Crippen LogP contribution is -2.34. The molecule has 80 valence electrons. The molecule has 1 rings (SSSR count). The average Bonchev–Trinajstić information content (AvgIpc) is 2.18. The van der Waals surface area contributed by atoms with Crippen LogP contribution < -0.4 is 11.1 Å². The van der Waals surface area contributed by atoms with E-state index < -0.39 is 0 Å². The number of hydrogen-bond acceptors (Lipinski definition) is 3. The minimum atomic E-state index is 0.252. The smallest absolute Gasteiger partial charge is 0.0655 e. The first kappa shape index (κ1) is 11.5. The molecule has 0 aromatic carbocycles. The summed E-state index contributed by atoms with van der Waals surface area (Å²) >= 11 is 0. The van der Waals surface area contributed by atoms with Gasteiger partial charge in [0.2, 0.25) is 0 Å². The fraction of sp³-hybridized carbons (Fsp3) is 0.909. The van der Waals surface area contributed by atoms with Crippen LogP contribution in [0.15, 0.2) is 0 Å². The summed E-state index contributed by atoms with van der Waals surface area (Å²) in [6.07, 6.45) is 5.69. The molecule has 0 aliphatic heterocycles. The molecule has 0 saturated heterocycles. The van der Waals surface area contributed by atoms with Gasteiger partial charge in [-0.25, -0.2) is 0 Å². The van der Waals surface area contributed by atoms with Crippen molar-refractivity contribution in [3.05, 3.63) is 0 Å². The topological polar surface area (TPSA) is 61.8 Å². The van der Waals surface area contributed by atoms with E-state index in [9.17, 15) is 0 Å². The van der Waals surface area contributed by atoms with E-state index in [1.54, 1.807) is 0 Å². The van der Waals surface area contributed by atoms with Crippen molar-refractivity contribution in [2.24, 2.45) is 17.6 Å². The minimum Gasteiger partial charge on any atom is -0.327 e. The summed E-state index contributed by atoms with van der Waals surface area (Å²) in [4.78, 5) is 0. The van der Waals surface area contributed by atoms with E-state index in [0.717, 1.165) is 25.8 Å². The number of nitrogens with two attached hydrogens (primary N) is 1. The van der Waals surface area contributed by atoms with E-state index in [1.165, 1.54) is 12.8 Å². The second-order valence-electron chi connectivity index (χ2n) is 4.41. The summed E-state index contributed by atoms with van der Waals surface area (Å²) in [5.74, 6) is 0.965. The van der Waals surface area contributed by atoms with E-state index >= 15 is 0 Å². The average molecular weight is 195 g/mol. The highest BCUT2D eigenvalue weighted by Gasteiger charge is 2.22. The Labute approximate surface area is 86.7 Å². The fourth-order valence-corrected chi connectivity index (χ4v) is 2.40. The second kappa shape index (κ2) is 6.00. The molecule has 0 amide bonds.